The summed E-state index contributed by atoms with van der Waals surface area (Å²) in [6.07, 6.45) is 2.38. The van der Waals surface area contributed by atoms with Crippen molar-refractivity contribution in [3.8, 4) is 0 Å². The molecule has 2 N–H and O–H groups in total. The molecule has 1 atom stereocenters. The fourth-order valence-electron chi connectivity index (χ4n) is 2.38. The molecule has 0 bridgehead atoms. The van der Waals surface area contributed by atoms with Crippen molar-refractivity contribution in [1.82, 2.24) is 15.5 Å². The van der Waals surface area contributed by atoms with Crippen LogP contribution in [-0.2, 0) is 11.2 Å². The highest BCUT2D eigenvalue weighted by Gasteiger charge is 2.22. The van der Waals surface area contributed by atoms with Gasteiger partial charge in [-0.25, -0.2) is 0 Å². The minimum Gasteiger partial charge on any atom is -0.406 e. The van der Waals surface area contributed by atoms with Gasteiger partial charge in [0.1, 0.15) is 0 Å². The highest BCUT2D eigenvalue weighted by Crippen LogP contribution is 2.22. The van der Waals surface area contributed by atoms with Crippen LogP contribution in [0.25, 0.3) is 0 Å². The van der Waals surface area contributed by atoms with Crippen LogP contribution in [-0.4, -0.2) is 22.6 Å². The second-order valence-corrected chi connectivity index (χ2v) is 5.30. The molecule has 1 saturated heterocycles. The molecule has 6 heteroatoms. The van der Waals surface area contributed by atoms with Crippen molar-refractivity contribution in [2.45, 2.75) is 32.2 Å². The minimum absolute atomic E-state index is 0.111. The van der Waals surface area contributed by atoms with Crippen LogP contribution < -0.4 is 10.6 Å². The first-order valence-corrected chi connectivity index (χ1v) is 7.13. The summed E-state index contributed by atoms with van der Waals surface area (Å²) in [6.45, 7) is 2.98. The number of carbonyl (C=O) groups excluding carboxylic acids is 1. The fraction of sp³-hybridized carbons (Fsp3) is 0.400. The van der Waals surface area contributed by atoms with Crippen LogP contribution in [0.3, 0.4) is 0 Å². The van der Waals surface area contributed by atoms with Gasteiger partial charge < -0.3 is 9.73 Å². The maximum absolute atomic E-state index is 11.9. The average molecular weight is 286 g/mol. The molecule has 1 aromatic carbocycles. The molecular formula is C15H18N4O2. The molecule has 2 aromatic rings. The maximum atomic E-state index is 11.9. The predicted molar refractivity (Wildman–Crippen MR) is 77.8 cm³/mol. The number of hydrogen-bond donors (Lipinski definition) is 2. The Hall–Kier alpha value is -2.21. The number of aryl methyl sites for hydroxylation is 1. The lowest BCUT2D eigenvalue weighted by molar-refractivity contribution is -0.115. The number of rotatable bonds is 4. The van der Waals surface area contributed by atoms with Crippen molar-refractivity contribution in [3.05, 3.63) is 41.3 Å². The van der Waals surface area contributed by atoms with E-state index in [0.29, 0.717) is 12.3 Å². The van der Waals surface area contributed by atoms with Crippen LogP contribution in [0.1, 0.15) is 35.9 Å². The summed E-state index contributed by atoms with van der Waals surface area (Å²) in [7, 11) is 0. The van der Waals surface area contributed by atoms with Crippen LogP contribution in [0.2, 0.25) is 0 Å². The van der Waals surface area contributed by atoms with Crippen molar-refractivity contribution in [2.75, 3.05) is 11.9 Å². The Morgan fingerprint density at radius 2 is 2.19 bits per heavy atom. The second-order valence-electron chi connectivity index (χ2n) is 5.30. The SMILES string of the molecule is Cc1ccc(CC(=O)Nc2nnc(C3CCCN3)o2)cc1. The Bertz CT molecular complexity index is 615. The Kier molecular flexibility index (Phi) is 3.96. The van der Waals surface area contributed by atoms with E-state index in [-0.39, 0.29) is 18.0 Å². The molecule has 0 radical (unpaired) electrons. The van der Waals surface area contributed by atoms with E-state index in [2.05, 4.69) is 20.8 Å². The van der Waals surface area contributed by atoms with Crippen LogP contribution in [0, 0.1) is 6.92 Å². The van der Waals surface area contributed by atoms with E-state index >= 15 is 0 Å². The van der Waals surface area contributed by atoms with Gasteiger partial charge in [-0.05, 0) is 31.9 Å². The summed E-state index contributed by atoms with van der Waals surface area (Å²) >= 11 is 0. The molecule has 1 fully saturated rings. The number of hydrogen-bond acceptors (Lipinski definition) is 5. The lowest BCUT2D eigenvalue weighted by Gasteiger charge is -2.03. The van der Waals surface area contributed by atoms with Crippen molar-refractivity contribution < 1.29 is 9.21 Å². The van der Waals surface area contributed by atoms with Crippen LogP contribution in [0.5, 0.6) is 0 Å². The van der Waals surface area contributed by atoms with E-state index in [9.17, 15) is 4.79 Å². The third kappa shape index (κ3) is 3.46. The highest BCUT2D eigenvalue weighted by atomic mass is 16.4. The van der Waals surface area contributed by atoms with Crippen molar-refractivity contribution in [3.63, 3.8) is 0 Å². The first-order chi connectivity index (χ1) is 10.2. The number of aromatic nitrogens is 2. The highest BCUT2D eigenvalue weighted by molar-refractivity contribution is 5.90. The zero-order chi connectivity index (χ0) is 14.7. The van der Waals surface area contributed by atoms with Crippen LogP contribution >= 0.6 is 0 Å². The topological polar surface area (TPSA) is 80.0 Å². The van der Waals surface area contributed by atoms with E-state index in [0.717, 1.165) is 24.9 Å². The van der Waals surface area contributed by atoms with Crippen LogP contribution in [0.15, 0.2) is 28.7 Å². The maximum Gasteiger partial charge on any atom is 0.322 e. The van der Waals surface area contributed by atoms with E-state index in [1.807, 2.05) is 31.2 Å². The van der Waals surface area contributed by atoms with Crippen molar-refractivity contribution >= 4 is 11.9 Å². The quantitative estimate of drug-likeness (QED) is 0.898. The van der Waals surface area contributed by atoms with Gasteiger partial charge in [-0.15, -0.1) is 5.10 Å². The molecule has 6 nitrogen and oxygen atoms in total. The summed E-state index contributed by atoms with van der Waals surface area (Å²) < 4.78 is 5.48. The molecule has 1 unspecified atom stereocenters. The van der Waals surface area contributed by atoms with Gasteiger partial charge in [0.2, 0.25) is 11.8 Å². The Morgan fingerprint density at radius 3 is 2.90 bits per heavy atom. The monoisotopic (exact) mass is 286 g/mol. The second kappa shape index (κ2) is 6.05. The van der Waals surface area contributed by atoms with Crippen LogP contribution in [0.4, 0.5) is 6.01 Å². The first kappa shape index (κ1) is 13.8. The molecule has 1 aliphatic heterocycles. The van der Waals surface area contributed by atoms with E-state index in [1.165, 1.54) is 5.56 Å². The third-order valence-corrected chi connectivity index (χ3v) is 3.53. The molecule has 1 amide bonds. The molecule has 3 rings (SSSR count). The van der Waals surface area contributed by atoms with Crippen molar-refractivity contribution in [1.29, 1.82) is 0 Å². The Morgan fingerprint density at radius 1 is 1.38 bits per heavy atom. The summed E-state index contributed by atoms with van der Waals surface area (Å²) in [5, 5.41) is 13.8. The lowest BCUT2D eigenvalue weighted by Crippen LogP contribution is -2.14. The minimum atomic E-state index is -0.159. The normalized spacial score (nSPS) is 17.9. The van der Waals surface area contributed by atoms with Gasteiger partial charge >= 0.3 is 6.01 Å². The smallest absolute Gasteiger partial charge is 0.322 e. The first-order valence-electron chi connectivity index (χ1n) is 7.13. The van der Waals surface area contributed by atoms with Gasteiger partial charge in [0.15, 0.2) is 0 Å². The van der Waals surface area contributed by atoms with Gasteiger partial charge in [0, 0.05) is 0 Å². The Labute approximate surface area is 123 Å². The molecule has 2 heterocycles. The van der Waals surface area contributed by atoms with E-state index in [4.69, 9.17) is 4.42 Å². The van der Waals surface area contributed by atoms with E-state index < -0.39 is 0 Å². The summed E-state index contributed by atoms with van der Waals surface area (Å²) in [4.78, 5) is 11.9. The van der Waals surface area contributed by atoms with Gasteiger partial charge in [-0.1, -0.05) is 34.9 Å². The van der Waals surface area contributed by atoms with Gasteiger partial charge in [0.05, 0.1) is 12.5 Å². The molecule has 0 spiro atoms. The number of anilines is 1. The molecule has 0 saturated carbocycles. The zero-order valence-electron chi connectivity index (χ0n) is 11.9. The predicted octanol–water partition coefficient (Wildman–Crippen LogP) is 1.98. The fourth-order valence-corrected chi connectivity index (χ4v) is 2.38. The van der Waals surface area contributed by atoms with Gasteiger partial charge in [-0.2, -0.15) is 0 Å². The largest absolute Gasteiger partial charge is 0.406 e. The molecular weight excluding hydrogens is 268 g/mol. The summed E-state index contributed by atoms with van der Waals surface area (Å²) in [6, 6.07) is 8.13. The molecule has 1 aromatic heterocycles. The molecule has 0 aliphatic carbocycles. The van der Waals surface area contributed by atoms with E-state index in [1.54, 1.807) is 0 Å². The molecule has 21 heavy (non-hydrogen) atoms. The Balaban J connectivity index is 1.58. The lowest BCUT2D eigenvalue weighted by atomic mass is 10.1. The van der Waals surface area contributed by atoms with Gasteiger partial charge in [0.25, 0.3) is 0 Å². The number of amides is 1. The third-order valence-electron chi connectivity index (χ3n) is 3.53. The van der Waals surface area contributed by atoms with Gasteiger partial charge in [-0.3, -0.25) is 10.1 Å². The zero-order valence-corrected chi connectivity index (χ0v) is 11.9. The number of benzene rings is 1. The summed E-state index contributed by atoms with van der Waals surface area (Å²) in [5.41, 5.74) is 2.13. The standard InChI is InChI=1S/C15H18N4O2/c1-10-4-6-11(7-5-10)9-13(20)17-15-19-18-14(21-15)12-3-2-8-16-12/h4-7,12,16H,2-3,8-9H2,1H3,(H,17,19,20). The number of nitrogens with one attached hydrogen (secondary N) is 2. The number of nitrogens with zero attached hydrogens (tertiary/aromatic N) is 2. The molecule has 1 aliphatic rings. The van der Waals surface area contributed by atoms with Crippen molar-refractivity contribution in [2.24, 2.45) is 0 Å². The average Bonchev–Trinajstić information content (AvgIpc) is 3.12. The number of carbonyl (C=O) groups is 1. The molecule has 110 valence electrons. The summed E-state index contributed by atoms with van der Waals surface area (Å²) in [5.74, 6) is 0.381.